The van der Waals surface area contributed by atoms with Gasteiger partial charge in [-0.05, 0) is 12.8 Å². The van der Waals surface area contributed by atoms with Gasteiger partial charge in [0.15, 0.2) is 0 Å². The lowest BCUT2D eigenvalue weighted by atomic mass is 10.1. The molecule has 0 aromatic heterocycles. The first kappa shape index (κ1) is 12.0. The Balaban J connectivity index is 1.68. The Morgan fingerprint density at radius 1 is 1.25 bits per heavy atom. The average Bonchev–Trinajstić information content (AvgIpc) is 2.80. The maximum Gasteiger partial charge on any atom is 0.232 e. The first-order chi connectivity index (χ1) is 7.75. The number of amides is 1. The third-order valence-electron chi connectivity index (χ3n) is 3.42. The predicted octanol–water partition coefficient (Wildman–Crippen LogP) is 1.85. The van der Waals surface area contributed by atoms with E-state index in [1.54, 1.807) is 0 Å². The molecule has 0 aromatic carbocycles. The van der Waals surface area contributed by atoms with Crippen LogP contribution in [0.4, 0.5) is 0 Å². The van der Waals surface area contributed by atoms with Crippen molar-refractivity contribution >= 4 is 23.5 Å². The number of nitrogens with zero attached hydrogens (tertiary/aromatic N) is 1. The molecule has 1 saturated heterocycles. The summed E-state index contributed by atoms with van der Waals surface area (Å²) in [5.74, 6) is 1.13. The quantitative estimate of drug-likeness (QED) is 0.757. The molecule has 1 amide bonds. The Morgan fingerprint density at radius 2 is 1.88 bits per heavy atom. The molecule has 2 rings (SSSR count). The fourth-order valence-electron chi connectivity index (χ4n) is 2.34. The highest BCUT2D eigenvalue weighted by Crippen LogP contribution is 2.29. The van der Waals surface area contributed by atoms with Crippen molar-refractivity contribution in [3.63, 3.8) is 0 Å². The topological polar surface area (TPSA) is 37.4 Å². The summed E-state index contributed by atoms with van der Waals surface area (Å²) in [5, 5.41) is 0.704. The molecule has 1 saturated carbocycles. The van der Waals surface area contributed by atoms with Crippen molar-refractivity contribution in [3.05, 3.63) is 0 Å². The zero-order valence-corrected chi connectivity index (χ0v) is 10.4. The molecular formula is C12H19NO2S. The molecular weight excluding hydrogens is 222 g/mol. The molecule has 2 fully saturated rings. The van der Waals surface area contributed by atoms with Gasteiger partial charge in [-0.3, -0.25) is 9.59 Å². The number of rotatable bonds is 3. The summed E-state index contributed by atoms with van der Waals surface area (Å²) in [4.78, 5) is 24.8. The second-order valence-corrected chi connectivity index (χ2v) is 5.93. The van der Waals surface area contributed by atoms with Crippen molar-refractivity contribution in [3.8, 4) is 0 Å². The second-order valence-electron chi connectivity index (χ2n) is 4.64. The summed E-state index contributed by atoms with van der Waals surface area (Å²) in [7, 11) is 0. The summed E-state index contributed by atoms with van der Waals surface area (Å²) >= 11 is 1.81. The Bertz CT molecular complexity index is 264. The second kappa shape index (κ2) is 5.71. The van der Waals surface area contributed by atoms with Crippen molar-refractivity contribution in [1.29, 1.82) is 0 Å². The van der Waals surface area contributed by atoms with Crippen LogP contribution in [0, 0.1) is 0 Å². The smallest absolute Gasteiger partial charge is 0.232 e. The van der Waals surface area contributed by atoms with Crippen molar-refractivity contribution in [2.24, 2.45) is 0 Å². The van der Waals surface area contributed by atoms with Crippen LogP contribution in [-0.2, 0) is 9.59 Å². The number of likely N-dealkylation sites (tertiary alicyclic amines) is 1. The molecule has 1 aliphatic carbocycles. The van der Waals surface area contributed by atoms with E-state index in [-0.39, 0.29) is 5.91 Å². The van der Waals surface area contributed by atoms with E-state index in [1.807, 2.05) is 16.7 Å². The summed E-state index contributed by atoms with van der Waals surface area (Å²) < 4.78 is 0. The van der Waals surface area contributed by atoms with Gasteiger partial charge in [-0.1, -0.05) is 12.8 Å². The Kier molecular flexibility index (Phi) is 4.27. The van der Waals surface area contributed by atoms with Gasteiger partial charge in [0, 0.05) is 31.2 Å². The Hall–Kier alpha value is -0.510. The molecule has 1 heterocycles. The van der Waals surface area contributed by atoms with Gasteiger partial charge in [0.05, 0.1) is 5.75 Å². The lowest BCUT2D eigenvalue weighted by molar-refractivity contribution is -0.132. The van der Waals surface area contributed by atoms with E-state index in [4.69, 9.17) is 0 Å². The molecule has 0 N–H and O–H groups in total. The van der Waals surface area contributed by atoms with Gasteiger partial charge in [-0.2, -0.15) is 0 Å². The van der Waals surface area contributed by atoms with Crippen LogP contribution in [0.2, 0.25) is 0 Å². The van der Waals surface area contributed by atoms with E-state index < -0.39 is 0 Å². The summed E-state index contributed by atoms with van der Waals surface area (Å²) in [6, 6.07) is 0. The van der Waals surface area contributed by atoms with Gasteiger partial charge in [-0.25, -0.2) is 0 Å². The fourth-order valence-corrected chi connectivity index (χ4v) is 3.57. The van der Waals surface area contributed by atoms with Crippen molar-refractivity contribution in [1.82, 2.24) is 4.90 Å². The molecule has 16 heavy (non-hydrogen) atoms. The van der Waals surface area contributed by atoms with Gasteiger partial charge in [0.2, 0.25) is 5.91 Å². The maximum atomic E-state index is 11.9. The maximum absolute atomic E-state index is 11.9. The van der Waals surface area contributed by atoms with E-state index in [0.29, 0.717) is 42.7 Å². The van der Waals surface area contributed by atoms with Crippen LogP contribution in [0.5, 0.6) is 0 Å². The van der Waals surface area contributed by atoms with E-state index in [9.17, 15) is 9.59 Å². The monoisotopic (exact) mass is 241 g/mol. The zero-order chi connectivity index (χ0) is 11.4. The Morgan fingerprint density at radius 3 is 2.50 bits per heavy atom. The zero-order valence-electron chi connectivity index (χ0n) is 9.61. The van der Waals surface area contributed by atoms with Crippen LogP contribution in [0.15, 0.2) is 0 Å². The highest BCUT2D eigenvalue weighted by molar-refractivity contribution is 8.00. The lowest BCUT2D eigenvalue weighted by Gasteiger charge is -2.26. The molecule has 0 atom stereocenters. The largest absolute Gasteiger partial charge is 0.341 e. The SMILES string of the molecule is O=C1CCN(C(=O)CSC2CCCC2)CC1. The van der Waals surface area contributed by atoms with Crippen LogP contribution in [0.1, 0.15) is 38.5 Å². The highest BCUT2D eigenvalue weighted by Gasteiger charge is 2.22. The minimum atomic E-state index is 0.226. The van der Waals surface area contributed by atoms with Gasteiger partial charge in [-0.15, -0.1) is 11.8 Å². The normalized spacial score (nSPS) is 22.8. The molecule has 90 valence electrons. The molecule has 0 radical (unpaired) electrons. The number of hydrogen-bond acceptors (Lipinski definition) is 3. The van der Waals surface area contributed by atoms with Crippen molar-refractivity contribution < 1.29 is 9.59 Å². The van der Waals surface area contributed by atoms with Gasteiger partial charge >= 0.3 is 0 Å². The first-order valence-corrected chi connectivity index (χ1v) is 7.21. The van der Waals surface area contributed by atoms with E-state index in [1.165, 1.54) is 25.7 Å². The lowest BCUT2D eigenvalue weighted by Crippen LogP contribution is -2.39. The summed E-state index contributed by atoms with van der Waals surface area (Å²) in [6.07, 6.45) is 6.31. The number of carbonyl (C=O) groups excluding carboxylic acids is 2. The summed E-state index contributed by atoms with van der Waals surface area (Å²) in [5.41, 5.74) is 0. The van der Waals surface area contributed by atoms with Gasteiger partial charge in [0.25, 0.3) is 0 Å². The summed E-state index contributed by atoms with van der Waals surface area (Å²) in [6.45, 7) is 1.28. The number of piperidine rings is 1. The van der Waals surface area contributed by atoms with Crippen LogP contribution in [0.3, 0.4) is 0 Å². The van der Waals surface area contributed by atoms with Crippen molar-refractivity contribution in [2.75, 3.05) is 18.8 Å². The number of thioether (sulfide) groups is 1. The van der Waals surface area contributed by atoms with E-state index >= 15 is 0 Å². The third kappa shape index (κ3) is 3.24. The average molecular weight is 241 g/mol. The molecule has 2 aliphatic rings. The highest BCUT2D eigenvalue weighted by atomic mass is 32.2. The molecule has 0 aromatic rings. The Labute approximate surface area is 101 Å². The number of hydrogen-bond donors (Lipinski definition) is 0. The standard InChI is InChI=1S/C12H19NO2S/c14-10-5-7-13(8-6-10)12(15)9-16-11-3-1-2-4-11/h11H,1-9H2. The van der Waals surface area contributed by atoms with Gasteiger partial charge < -0.3 is 4.90 Å². The van der Waals surface area contributed by atoms with Crippen LogP contribution in [0.25, 0.3) is 0 Å². The van der Waals surface area contributed by atoms with Crippen molar-refractivity contribution in [2.45, 2.75) is 43.8 Å². The van der Waals surface area contributed by atoms with Crippen LogP contribution >= 0.6 is 11.8 Å². The molecule has 3 nitrogen and oxygen atoms in total. The number of Topliss-reactive ketones (excluding diaryl/α,β-unsaturated/α-hetero) is 1. The molecule has 4 heteroatoms. The van der Waals surface area contributed by atoms with E-state index in [0.717, 1.165) is 0 Å². The minimum absolute atomic E-state index is 0.226. The van der Waals surface area contributed by atoms with Crippen LogP contribution in [-0.4, -0.2) is 40.7 Å². The first-order valence-electron chi connectivity index (χ1n) is 6.17. The molecule has 1 aliphatic heterocycles. The fraction of sp³-hybridized carbons (Fsp3) is 0.833. The van der Waals surface area contributed by atoms with E-state index in [2.05, 4.69) is 0 Å². The molecule has 0 spiro atoms. The minimum Gasteiger partial charge on any atom is -0.341 e. The molecule has 0 bridgehead atoms. The number of ketones is 1. The molecule has 0 unspecified atom stereocenters. The predicted molar refractivity (Wildman–Crippen MR) is 65.5 cm³/mol. The van der Waals surface area contributed by atoms with Crippen LogP contribution < -0.4 is 0 Å². The van der Waals surface area contributed by atoms with Gasteiger partial charge in [0.1, 0.15) is 5.78 Å². The third-order valence-corrected chi connectivity index (χ3v) is 4.77. The number of carbonyl (C=O) groups is 2.